The van der Waals surface area contributed by atoms with Crippen molar-refractivity contribution in [1.29, 1.82) is 0 Å². The van der Waals surface area contributed by atoms with Gasteiger partial charge in [0.15, 0.2) is 0 Å². The minimum atomic E-state index is -3.47. The van der Waals surface area contributed by atoms with Gasteiger partial charge in [0, 0.05) is 24.5 Å². The molecule has 0 saturated carbocycles. The molecular formula is C11H21N3O3S2. The lowest BCUT2D eigenvalue weighted by Gasteiger charge is -2.10. The summed E-state index contributed by atoms with van der Waals surface area (Å²) in [6.07, 6.45) is 0. The van der Waals surface area contributed by atoms with Gasteiger partial charge in [-0.1, -0.05) is 0 Å². The monoisotopic (exact) mass is 307 g/mol. The smallest absolute Gasteiger partial charge is 0.241 e. The zero-order valence-corrected chi connectivity index (χ0v) is 12.9. The largest absolute Gasteiger partial charge is 0.379 e. The van der Waals surface area contributed by atoms with Crippen LogP contribution >= 0.6 is 11.3 Å². The lowest BCUT2D eigenvalue weighted by atomic mass is 10.5. The fourth-order valence-corrected chi connectivity index (χ4v) is 3.74. The van der Waals surface area contributed by atoms with E-state index in [0.29, 0.717) is 18.1 Å². The normalized spacial score (nSPS) is 12.2. The summed E-state index contributed by atoms with van der Waals surface area (Å²) in [5.74, 6) is 0. The van der Waals surface area contributed by atoms with Crippen LogP contribution in [0.25, 0.3) is 0 Å². The van der Waals surface area contributed by atoms with Crippen molar-refractivity contribution in [1.82, 2.24) is 9.62 Å². The average Bonchev–Trinajstić information content (AvgIpc) is 2.82. The van der Waals surface area contributed by atoms with Gasteiger partial charge in [-0.05, 0) is 25.5 Å². The Labute approximate surface area is 118 Å². The van der Waals surface area contributed by atoms with E-state index in [0.717, 1.165) is 6.54 Å². The third-order valence-corrected chi connectivity index (χ3v) is 5.02. The predicted octanol–water partition coefficient (Wildman–Crippen LogP) is 0.0633. The number of thiophene rings is 1. The second-order valence-electron chi connectivity index (χ2n) is 4.23. The van der Waals surface area contributed by atoms with Crippen molar-refractivity contribution in [3.63, 3.8) is 0 Å². The van der Waals surface area contributed by atoms with Crippen molar-refractivity contribution in [3.05, 3.63) is 16.3 Å². The molecule has 0 radical (unpaired) electrons. The van der Waals surface area contributed by atoms with Crippen molar-refractivity contribution >= 4 is 21.4 Å². The molecule has 0 atom stereocenters. The highest BCUT2D eigenvalue weighted by Gasteiger charge is 2.18. The molecule has 110 valence electrons. The molecule has 1 aromatic heterocycles. The molecule has 0 aliphatic heterocycles. The van der Waals surface area contributed by atoms with Gasteiger partial charge in [0.2, 0.25) is 10.0 Å². The van der Waals surface area contributed by atoms with Crippen LogP contribution in [-0.2, 0) is 21.3 Å². The van der Waals surface area contributed by atoms with Crippen LogP contribution in [0.15, 0.2) is 16.3 Å². The van der Waals surface area contributed by atoms with Crippen LogP contribution in [0.1, 0.15) is 4.88 Å². The SMILES string of the molecule is CN(C)CCOCCNS(=O)(=O)c1ccsc1CN. The Morgan fingerprint density at radius 1 is 1.42 bits per heavy atom. The number of nitrogens with one attached hydrogen (secondary N) is 1. The Kier molecular flexibility index (Phi) is 6.90. The molecule has 0 fully saturated rings. The summed E-state index contributed by atoms with van der Waals surface area (Å²) in [4.78, 5) is 2.94. The van der Waals surface area contributed by atoms with Gasteiger partial charge in [-0.2, -0.15) is 0 Å². The van der Waals surface area contributed by atoms with Crippen LogP contribution in [-0.4, -0.2) is 53.7 Å². The van der Waals surface area contributed by atoms with Crippen LogP contribution in [0.5, 0.6) is 0 Å². The molecule has 8 heteroatoms. The lowest BCUT2D eigenvalue weighted by molar-refractivity contribution is 0.122. The van der Waals surface area contributed by atoms with Crippen molar-refractivity contribution in [3.8, 4) is 0 Å². The van der Waals surface area contributed by atoms with E-state index in [-0.39, 0.29) is 18.0 Å². The molecule has 0 aliphatic carbocycles. The summed E-state index contributed by atoms with van der Waals surface area (Å²) in [5.41, 5.74) is 5.50. The van der Waals surface area contributed by atoms with E-state index < -0.39 is 10.0 Å². The highest BCUT2D eigenvalue weighted by atomic mass is 32.2. The number of likely N-dealkylation sites (N-methyl/N-ethyl adjacent to an activating group) is 1. The van der Waals surface area contributed by atoms with Gasteiger partial charge in [-0.25, -0.2) is 13.1 Å². The minimum Gasteiger partial charge on any atom is -0.379 e. The summed E-state index contributed by atoms with van der Waals surface area (Å²) in [6, 6.07) is 1.57. The fourth-order valence-electron chi connectivity index (χ4n) is 1.39. The summed E-state index contributed by atoms with van der Waals surface area (Å²) >= 11 is 1.35. The minimum absolute atomic E-state index is 0.229. The van der Waals surface area contributed by atoms with E-state index in [4.69, 9.17) is 10.5 Å². The van der Waals surface area contributed by atoms with E-state index in [9.17, 15) is 8.42 Å². The first-order valence-electron chi connectivity index (χ1n) is 5.96. The molecule has 0 bridgehead atoms. The Morgan fingerprint density at radius 2 is 2.16 bits per heavy atom. The van der Waals surface area contributed by atoms with Crippen LogP contribution in [0.3, 0.4) is 0 Å². The van der Waals surface area contributed by atoms with E-state index in [1.54, 1.807) is 11.4 Å². The number of nitrogens with zero attached hydrogens (tertiary/aromatic N) is 1. The molecule has 6 nitrogen and oxygen atoms in total. The predicted molar refractivity (Wildman–Crippen MR) is 76.8 cm³/mol. The third-order valence-electron chi connectivity index (χ3n) is 2.40. The van der Waals surface area contributed by atoms with Gasteiger partial charge in [-0.3, -0.25) is 0 Å². The Hall–Kier alpha value is -0.510. The average molecular weight is 307 g/mol. The first-order chi connectivity index (χ1) is 8.97. The first-order valence-corrected chi connectivity index (χ1v) is 8.32. The number of hydrogen-bond acceptors (Lipinski definition) is 6. The summed E-state index contributed by atoms with van der Waals surface area (Å²) < 4.78 is 31.8. The lowest BCUT2D eigenvalue weighted by Crippen LogP contribution is -2.29. The van der Waals surface area contributed by atoms with Gasteiger partial charge in [0.05, 0.1) is 18.1 Å². The number of hydrogen-bond donors (Lipinski definition) is 2. The third kappa shape index (κ3) is 5.55. The fraction of sp³-hybridized carbons (Fsp3) is 0.636. The molecule has 1 rings (SSSR count). The number of rotatable bonds is 9. The molecule has 0 saturated heterocycles. The molecule has 0 unspecified atom stereocenters. The van der Waals surface area contributed by atoms with E-state index in [2.05, 4.69) is 4.72 Å². The molecule has 1 aromatic rings. The van der Waals surface area contributed by atoms with Gasteiger partial charge in [-0.15, -0.1) is 11.3 Å². The van der Waals surface area contributed by atoms with Crippen LogP contribution in [0.4, 0.5) is 0 Å². The molecule has 0 aliphatic rings. The molecule has 1 heterocycles. The summed E-state index contributed by atoms with van der Waals surface area (Å²) in [5, 5.41) is 1.73. The van der Waals surface area contributed by atoms with Gasteiger partial charge >= 0.3 is 0 Å². The van der Waals surface area contributed by atoms with Gasteiger partial charge < -0.3 is 15.4 Å². The van der Waals surface area contributed by atoms with Crippen LogP contribution in [0, 0.1) is 0 Å². The van der Waals surface area contributed by atoms with Crippen molar-refractivity contribution < 1.29 is 13.2 Å². The molecule has 3 N–H and O–H groups in total. The second kappa shape index (κ2) is 7.93. The topological polar surface area (TPSA) is 84.7 Å². The number of sulfonamides is 1. The maximum Gasteiger partial charge on any atom is 0.241 e. The molecule has 0 aromatic carbocycles. The Morgan fingerprint density at radius 3 is 2.79 bits per heavy atom. The maximum absolute atomic E-state index is 12.0. The zero-order valence-electron chi connectivity index (χ0n) is 11.3. The van der Waals surface area contributed by atoms with Crippen molar-refractivity contribution in [2.24, 2.45) is 5.73 Å². The highest BCUT2D eigenvalue weighted by Crippen LogP contribution is 2.20. The van der Waals surface area contributed by atoms with E-state index in [1.165, 1.54) is 11.3 Å². The Bertz CT molecular complexity index is 471. The molecule has 0 spiro atoms. The standard InChI is InChI=1S/C11H21N3O3S2/c1-14(2)5-7-17-6-4-13-19(15,16)11-3-8-18-10(11)9-12/h3,8,13H,4-7,9,12H2,1-2H3. The summed E-state index contributed by atoms with van der Waals surface area (Å²) in [7, 11) is 0.437. The number of nitrogens with two attached hydrogens (primary N) is 1. The Balaban J connectivity index is 2.36. The van der Waals surface area contributed by atoms with Gasteiger partial charge in [0.25, 0.3) is 0 Å². The van der Waals surface area contributed by atoms with Crippen molar-refractivity contribution in [2.45, 2.75) is 11.4 Å². The summed E-state index contributed by atoms with van der Waals surface area (Å²) in [6.45, 7) is 2.24. The van der Waals surface area contributed by atoms with Crippen LogP contribution < -0.4 is 10.5 Å². The molecule has 0 amide bonds. The highest BCUT2D eigenvalue weighted by molar-refractivity contribution is 7.89. The maximum atomic E-state index is 12.0. The van der Waals surface area contributed by atoms with E-state index in [1.807, 2.05) is 19.0 Å². The molecule has 19 heavy (non-hydrogen) atoms. The van der Waals surface area contributed by atoms with E-state index >= 15 is 0 Å². The quantitative estimate of drug-likeness (QED) is 0.630. The first kappa shape index (κ1) is 16.5. The number of ether oxygens (including phenoxy) is 1. The zero-order chi connectivity index (χ0) is 14.3. The van der Waals surface area contributed by atoms with Crippen molar-refractivity contribution in [2.75, 3.05) is 40.4 Å². The van der Waals surface area contributed by atoms with Crippen LogP contribution in [0.2, 0.25) is 0 Å². The van der Waals surface area contributed by atoms with Gasteiger partial charge in [0.1, 0.15) is 0 Å². The second-order valence-corrected chi connectivity index (χ2v) is 6.96. The molecular weight excluding hydrogens is 286 g/mol.